The molecule has 0 saturated carbocycles. The van der Waals surface area contributed by atoms with Gasteiger partial charge in [-0.3, -0.25) is 14.5 Å². The monoisotopic (exact) mass is 776 g/mol. The summed E-state index contributed by atoms with van der Waals surface area (Å²) in [5.74, 6) is 0.618. The molecule has 0 spiro atoms. The van der Waals surface area contributed by atoms with Gasteiger partial charge in [-0.05, 0) is 44.0 Å². The Labute approximate surface area is 322 Å². The normalized spacial score (nSPS) is 17.6. The SMILES string of the molecule is COc1nc(-c2cccc(-c3cccc(Oc4cc(Cl)cc5c4ncn5CCN4CCCCC4C(=O)O)c3Cl)c2Cl)ccc1CNC[C@@H]1CCC(=O)N1. The first-order valence-corrected chi connectivity index (χ1v) is 18.7. The molecule has 4 heterocycles. The summed E-state index contributed by atoms with van der Waals surface area (Å²) in [6, 6.07) is 18.2. The molecule has 276 valence electrons. The fourth-order valence-electron chi connectivity index (χ4n) is 7.13. The van der Waals surface area contributed by atoms with Gasteiger partial charge >= 0.3 is 5.97 Å². The fourth-order valence-corrected chi connectivity index (χ4v) is 7.92. The van der Waals surface area contributed by atoms with Crippen molar-refractivity contribution in [1.82, 2.24) is 30.1 Å². The maximum Gasteiger partial charge on any atom is 0.320 e. The quantitative estimate of drug-likeness (QED) is 0.110. The summed E-state index contributed by atoms with van der Waals surface area (Å²) >= 11 is 20.7. The summed E-state index contributed by atoms with van der Waals surface area (Å²) in [6.45, 7) is 3.07. The number of pyridine rings is 1. The van der Waals surface area contributed by atoms with Crippen molar-refractivity contribution in [3.8, 4) is 39.8 Å². The number of carbonyl (C=O) groups is 2. The average molecular weight is 778 g/mol. The van der Waals surface area contributed by atoms with Gasteiger partial charge in [0.25, 0.3) is 0 Å². The zero-order valence-electron chi connectivity index (χ0n) is 29.1. The van der Waals surface area contributed by atoms with Crippen molar-refractivity contribution < 1.29 is 24.2 Å². The third kappa shape index (κ3) is 8.10. The second-order valence-corrected chi connectivity index (χ2v) is 14.5. The van der Waals surface area contributed by atoms with E-state index in [0.29, 0.717) is 99.4 Å². The van der Waals surface area contributed by atoms with Gasteiger partial charge in [-0.25, -0.2) is 9.97 Å². The van der Waals surface area contributed by atoms with Gasteiger partial charge in [0.15, 0.2) is 5.75 Å². The number of imidazole rings is 1. The number of aliphatic carboxylic acids is 1. The van der Waals surface area contributed by atoms with Crippen LogP contribution < -0.4 is 20.1 Å². The van der Waals surface area contributed by atoms with Crippen LogP contribution in [-0.2, 0) is 22.7 Å². The third-order valence-corrected chi connectivity index (χ3v) is 10.9. The lowest BCUT2D eigenvalue weighted by Gasteiger charge is -2.32. The molecule has 7 rings (SSSR count). The number of piperidine rings is 1. The highest BCUT2D eigenvalue weighted by molar-refractivity contribution is 6.38. The van der Waals surface area contributed by atoms with E-state index in [2.05, 4.69) is 15.6 Å². The van der Waals surface area contributed by atoms with Gasteiger partial charge < -0.3 is 29.8 Å². The van der Waals surface area contributed by atoms with Crippen molar-refractivity contribution in [3.63, 3.8) is 0 Å². The molecule has 0 radical (unpaired) electrons. The fraction of sp³-hybridized carbons (Fsp3) is 0.333. The van der Waals surface area contributed by atoms with Crippen LogP contribution in [0.2, 0.25) is 15.1 Å². The summed E-state index contributed by atoms with van der Waals surface area (Å²) in [7, 11) is 1.58. The predicted molar refractivity (Wildman–Crippen MR) is 206 cm³/mol. The molecule has 2 aromatic heterocycles. The number of methoxy groups -OCH3 is 1. The molecule has 2 fully saturated rings. The van der Waals surface area contributed by atoms with Gasteiger partial charge in [-0.15, -0.1) is 0 Å². The molecule has 5 aromatic rings. The van der Waals surface area contributed by atoms with Crippen molar-refractivity contribution in [1.29, 1.82) is 0 Å². The Morgan fingerprint density at radius 3 is 2.55 bits per heavy atom. The zero-order valence-corrected chi connectivity index (χ0v) is 31.3. The van der Waals surface area contributed by atoms with Crippen LogP contribution in [0.15, 0.2) is 67.0 Å². The smallest absolute Gasteiger partial charge is 0.320 e. The minimum atomic E-state index is -0.783. The molecule has 2 aliphatic rings. The maximum atomic E-state index is 11.8. The van der Waals surface area contributed by atoms with E-state index in [0.717, 1.165) is 36.9 Å². The molecule has 3 aromatic carbocycles. The molecule has 2 saturated heterocycles. The molecule has 3 N–H and O–H groups in total. The lowest BCUT2D eigenvalue weighted by molar-refractivity contribution is -0.144. The van der Waals surface area contributed by atoms with Crippen molar-refractivity contribution in [2.24, 2.45) is 0 Å². The second-order valence-electron chi connectivity index (χ2n) is 13.3. The van der Waals surface area contributed by atoms with Crippen LogP contribution in [0.25, 0.3) is 33.4 Å². The van der Waals surface area contributed by atoms with Gasteiger partial charge in [0.1, 0.15) is 17.3 Å². The number of fused-ring (bicyclic) bond motifs is 1. The number of halogens is 3. The van der Waals surface area contributed by atoms with E-state index in [9.17, 15) is 14.7 Å². The van der Waals surface area contributed by atoms with Crippen LogP contribution in [0.3, 0.4) is 0 Å². The first-order valence-electron chi connectivity index (χ1n) is 17.6. The number of likely N-dealkylation sites (tertiary alicyclic amines) is 1. The summed E-state index contributed by atoms with van der Waals surface area (Å²) in [6.07, 6.45) is 5.66. The van der Waals surface area contributed by atoms with Gasteiger partial charge in [-0.1, -0.05) is 77.6 Å². The maximum absolute atomic E-state index is 11.8. The molecule has 2 aliphatic heterocycles. The number of nitrogens with zero attached hydrogens (tertiary/aromatic N) is 4. The van der Waals surface area contributed by atoms with Crippen LogP contribution in [0.4, 0.5) is 0 Å². The zero-order chi connectivity index (χ0) is 37.1. The molecule has 53 heavy (non-hydrogen) atoms. The van der Waals surface area contributed by atoms with Crippen molar-refractivity contribution >= 4 is 57.7 Å². The number of amides is 1. The standard InChI is InChI=1S/C39H39Cl3N6O5/c1-52-38-23(20-43-21-25-12-14-34(49)45-25)11-13-29(46-38)28-8-4-6-26(35(28)41)27-7-5-10-32(36(27)42)53-33-19-24(40)18-31-37(33)44-22-48(31)17-16-47-15-3-2-9-30(47)39(50)51/h4-8,10-11,13,18-19,22,25,30,43H,2-3,9,12,14-17,20-21H2,1H3,(H,45,49)(H,50,51)/t25-,30?/m0/s1. The number of benzene rings is 3. The number of aromatic nitrogens is 3. The highest BCUT2D eigenvalue weighted by Gasteiger charge is 2.28. The molecule has 0 bridgehead atoms. The van der Waals surface area contributed by atoms with Crippen LogP contribution in [0.1, 0.15) is 37.7 Å². The highest BCUT2D eigenvalue weighted by Crippen LogP contribution is 2.44. The Morgan fingerprint density at radius 2 is 1.77 bits per heavy atom. The van der Waals surface area contributed by atoms with Crippen LogP contribution in [-0.4, -0.2) is 75.2 Å². The Kier molecular flexibility index (Phi) is 11.4. The van der Waals surface area contributed by atoms with Crippen LogP contribution >= 0.6 is 34.8 Å². The van der Waals surface area contributed by atoms with Crippen molar-refractivity contribution in [2.75, 3.05) is 26.7 Å². The largest absolute Gasteiger partial charge is 0.481 e. The molecule has 11 nitrogen and oxygen atoms in total. The Hall–Kier alpha value is -4.39. The van der Waals surface area contributed by atoms with E-state index in [1.807, 2.05) is 58.0 Å². The molecule has 1 amide bonds. The lowest BCUT2D eigenvalue weighted by atomic mass is 10.0. The topological polar surface area (TPSA) is 131 Å². The van der Waals surface area contributed by atoms with E-state index < -0.39 is 12.0 Å². The highest BCUT2D eigenvalue weighted by atomic mass is 35.5. The molecule has 14 heteroatoms. The summed E-state index contributed by atoms with van der Waals surface area (Å²) in [5, 5.41) is 17.3. The number of hydrogen-bond donors (Lipinski definition) is 3. The van der Waals surface area contributed by atoms with Crippen LogP contribution in [0.5, 0.6) is 17.4 Å². The molecule has 0 aliphatic carbocycles. The van der Waals surface area contributed by atoms with Crippen molar-refractivity contribution in [2.45, 2.75) is 57.3 Å². The Morgan fingerprint density at radius 1 is 0.981 bits per heavy atom. The first-order chi connectivity index (χ1) is 25.7. The summed E-state index contributed by atoms with van der Waals surface area (Å²) in [5.41, 5.74) is 4.97. The first kappa shape index (κ1) is 36.9. The average Bonchev–Trinajstić information content (AvgIpc) is 3.77. The number of carboxylic acid groups (broad SMARTS) is 1. The van der Waals surface area contributed by atoms with E-state index >= 15 is 0 Å². The van der Waals surface area contributed by atoms with Crippen LogP contribution in [0, 0.1) is 0 Å². The van der Waals surface area contributed by atoms with Crippen molar-refractivity contribution in [3.05, 3.63) is 87.6 Å². The number of rotatable bonds is 13. The third-order valence-electron chi connectivity index (χ3n) is 9.85. The Bertz CT molecular complexity index is 2160. The van der Waals surface area contributed by atoms with E-state index in [1.54, 1.807) is 25.6 Å². The van der Waals surface area contributed by atoms with E-state index in [1.165, 1.54) is 0 Å². The number of nitrogens with one attached hydrogen (secondary N) is 2. The molecule has 1 unspecified atom stereocenters. The number of hydrogen-bond acceptors (Lipinski definition) is 8. The Balaban J connectivity index is 1.11. The number of ether oxygens (including phenoxy) is 2. The second kappa shape index (κ2) is 16.3. The molecular formula is C39H39Cl3N6O5. The van der Waals surface area contributed by atoms with E-state index in [-0.39, 0.29) is 11.9 Å². The van der Waals surface area contributed by atoms with Gasteiger partial charge in [0.05, 0.1) is 34.7 Å². The minimum Gasteiger partial charge on any atom is -0.481 e. The van der Waals surface area contributed by atoms with Gasteiger partial charge in [0, 0.05) is 72.0 Å². The molecule has 2 atom stereocenters. The van der Waals surface area contributed by atoms with Gasteiger partial charge in [0.2, 0.25) is 11.8 Å². The van der Waals surface area contributed by atoms with Gasteiger partial charge in [-0.2, -0.15) is 0 Å². The minimum absolute atomic E-state index is 0.0882. The predicted octanol–water partition coefficient (Wildman–Crippen LogP) is 7.83. The lowest BCUT2D eigenvalue weighted by Crippen LogP contribution is -2.45. The summed E-state index contributed by atoms with van der Waals surface area (Å²) < 4.78 is 14.0. The van der Waals surface area contributed by atoms with E-state index in [4.69, 9.17) is 49.3 Å². The molecular weight excluding hydrogens is 739 g/mol. The summed E-state index contributed by atoms with van der Waals surface area (Å²) in [4.78, 5) is 34.8. The number of carboxylic acids is 1. The number of carbonyl (C=O) groups excluding carboxylic acids is 1.